The van der Waals surface area contributed by atoms with Crippen molar-refractivity contribution in [2.75, 3.05) is 13.1 Å². The summed E-state index contributed by atoms with van der Waals surface area (Å²) in [6.07, 6.45) is 1.50. The summed E-state index contributed by atoms with van der Waals surface area (Å²) in [4.78, 5) is 7.00. The molecule has 7 heteroatoms. The topological polar surface area (TPSA) is 61.0 Å². The van der Waals surface area contributed by atoms with Crippen molar-refractivity contribution >= 4 is 28.2 Å². The summed E-state index contributed by atoms with van der Waals surface area (Å²) < 4.78 is 14.9. The third kappa shape index (κ3) is 4.87. The Morgan fingerprint density at radius 1 is 1.03 bits per heavy atom. The van der Waals surface area contributed by atoms with Crippen molar-refractivity contribution in [3.05, 3.63) is 88.6 Å². The van der Waals surface area contributed by atoms with Crippen LogP contribution in [0.3, 0.4) is 0 Å². The normalized spacial score (nSPS) is 12.1. The summed E-state index contributed by atoms with van der Waals surface area (Å²) in [6, 6.07) is 16.6. The lowest BCUT2D eigenvalue weighted by Gasteiger charge is -2.20. The number of hydrogen-bond donors (Lipinski definition) is 2. The first-order valence-electron chi connectivity index (χ1n) is 10.8. The molecular formula is C26H25ClFN3O2. The number of halogens is 2. The highest BCUT2D eigenvalue weighted by Gasteiger charge is 2.15. The Hall–Kier alpha value is -3.35. The van der Waals surface area contributed by atoms with Gasteiger partial charge in [-0.25, -0.2) is 9.38 Å². The van der Waals surface area contributed by atoms with E-state index in [0.717, 1.165) is 23.2 Å². The summed E-state index contributed by atoms with van der Waals surface area (Å²) in [6.45, 7) is 6.31. The Morgan fingerprint density at radius 2 is 1.82 bits per heavy atom. The van der Waals surface area contributed by atoms with Crippen LogP contribution < -0.4 is 5.36 Å². The molecule has 0 amide bonds. The van der Waals surface area contributed by atoms with Crippen molar-refractivity contribution in [3.63, 3.8) is 0 Å². The van der Waals surface area contributed by atoms with Crippen LogP contribution in [0.2, 0.25) is 5.02 Å². The van der Waals surface area contributed by atoms with E-state index in [-0.39, 0.29) is 11.6 Å². The van der Waals surface area contributed by atoms with E-state index < -0.39 is 0 Å². The molecule has 0 saturated carbocycles. The lowest BCUT2D eigenvalue weighted by Crippen LogP contribution is -2.22. The van der Waals surface area contributed by atoms with Crippen molar-refractivity contribution in [1.29, 1.82) is 0 Å². The fourth-order valence-corrected chi connectivity index (χ4v) is 4.05. The van der Waals surface area contributed by atoms with Gasteiger partial charge in [0, 0.05) is 34.3 Å². The van der Waals surface area contributed by atoms with Gasteiger partial charge in [-0.1, -0.05) is 37.6 Å². The van der Waals surface area contributed by atoms with Crippen molar-refractivity contribution in [3.8, 4) is 16.9 Å². The van der Waals surface area contributed by atoms with Crippen molar-refractivity contribution in [1.82, 2.24) is 9.63 Å². The summed E-state index contributed by atoms with van der Waals surface area (Å²) in [7, 11) is 0. The molecule has 0 aliphatic heterocycles. The SMILES string of the molecule is CCN(CC)Cc1cc(N=c2ccn(O)c3cc(Cl)ccc23)cc(-c2cccc(F)c2)c1O. The number of aromatic hydroxyl groups is 1. The molecule has 4 aromatic rings. The van der Waals surface area contributed by atoms with Gasteiger partial charge in [0.1, 0.15) is 11.6 Å². The van der Waals surface area contributed by atoms with Gasteiger partial charge in [-0.05, 0) is 67.2 Å². The fraction of sp³-hybridized carbons (Fsp3) is 0.192. The van der Waals surface area contributed by atoms with Crippen LogP contribution in [-0.2, 0) is 6.54 Å². The third-order valence-corrected chi connectivity index (χ3v) is 5.94. The molecule has 0 radical (unpaired) electrons. The van der Waals surface area contributed by atoms with Gasteiger partial charge in [-0.2, -0.15) is 4.73 Å². The zero-order valence-corrected chi connectivity index (χ0v) is 19.2. The molecule has 0 aliphatic rings. The monoisotopic (exact) mass is 465 g/mol. The van der Waals surface area contributed by atoms with Crippen molar-refractivity contribution < 1.29 is 14.7 Å². The lowest BCUT2D eigenvalue weighted by molar-refractivity contribution is 0.198. The number of phenolic OH excluding ortho intramolecular Hbond substituents is 1. The Bertz CT molecular complexity index is 1380. The van der Waals surface area contributed by atoms with Crippen LogP contribution in [0.1, 0.15) is 19.4 Å². The van der Waals surface area contributed by atoms with Gasteiger partial charge in [0.25, 0.3) is 0 Å². The van der Waals surface area contributed by atoms with Gasteiger partial charge in [-0.3, -0.25) is 4.90 Å². The lowest BCUT2D eigenvalue weighted by atomic mass is 9.99. The van der Waals surface area contributed by atoms with E-state index in [1.54, 1.807) is 42.5 Å². The third-order valence-electron chi connectivity index (χ3n) is 5.70. The maximum Gasteiger partial charge on any atom is 0.128 e. The zero-order valence-electron chi connectivity index (χ0n) is 18.5. The van der Waals surface area contributed by atoms with Gasteiger partial charge in [0.2, 0.25) is 0 Å². The Labute approximate surface area is 196 Å². The highest BCUT2D eigenvalue weighted by molar-refractivity contribution is 6.31. The largest absolute Gasteiger partial charge is 0.507 e. The van der Waals surface area contributed by atoms with Crippen molar-refractivity contribution in [2.24, 2.45) is 4.99 Å². The van der Waals surface area contributed by atoms with E-state index in [4.69, 9.17) is 16.6 Å². The molecule has 33 heavy (non-hydrogen) atoms. The van der Waals surface area contributed by atoms with Gasteiger partial charge < -0.3 is 10.3 Å². The van der Waals surface area contributed by atoms with Gasteiger partial charge in [0.05, 0.1) is 16.6 Å². The van der Waals surface area contributed by atoms with E-state index in [2.05, 4.69) is 18.7 Å². The second-order valence-corrected chi connectivity index (χ2v) is 8.23. The van der Waals surface area contributed by atoms with E-state index in [9.17, 15) is 14.7 Å². The van der Waals surface area contributed by atoms with E-state index in [1.807, 2.05) is 6.07 Å². The molecule has 2 N–H and O–H groups in total. The van der Waals surface area contributed by atoms with Gasteiger partial charge in [-0.15, -0.1) is 0 Å². The number of fused-ring (bicyclic) bond motifs is 1. The molecule has 0 atom stereocenters. The Morgan fingerprint density at radius 3 is 2.55 bits per heavy atom. The number of hydrogen-bond acceptors (Lipinski definition) is 4. The molecule has 1 aromatic heterocycles. The maximum absolute atomic E-state index is 13.9. The van der Waals surface area contributed by atoms with Crippen LogP contribution in [0.25, 0.3) is 22.0 Å². The first-order chi connectivity index (χ1) is 15.9. The molecule has 1 heterocycles. The first kappa shape index (κ1) is 22.8. The van der Waals surface area contributed by atoms with Gasteiger partial charge in [0.15, 0.2) is 0 Å². The summed E-state index contributed by atoms with van der Waals surface area (Å²) in [5.41, 5.74) is 2.93. The average Bonchev–Trinajstić information content (AvgIpc) is 2.81. The highest BCUT2D eigenvalue weighted by atomic mass is 35.5. The minimum absolute atomic E-state index is 0.115. The zero-order chi connectivity index (χ0) is 23.5. The summed E-state index contributed by atoms with van der Waals surface area (Å²) >= 11 is 6.10. The molecule has 0 bridgehead atoms. The number of pyridine rings is 1. The second kappa shape index (κ2) is 9.65. The Kier molecular flexibility index (Phi) is 6.67. The minimum Gasteiger partial charge on any atom is -0.507 e. The molecule has 5 nitrogen and oxygen atoms in total. The predicted octanol–water partition coefficient (Wildman–Crippen LogP) is 6.12. The van der Waals surface area contributed by atoms with Crippen LogP contribution in [0.15, 0.2) is 71.9 Å². The quantitative estimate of drug-likeness (QED) is 0.337. The van der Waals surface area contributed by atoms with Crippen LogP contribution in [0.4, 0.5) is 10.1 Å². The van der Waals surface area contributed by atoms with Crippen LogP contribution in [-0.4, -0.2) is 33.0 Å². The average molecular weight is 466 g/mol. The molecular weight excluding hydrogens is 441 g/mol. The number of aromatic nitrogens is 1. The molecule has 0 aliphatic carbocycles. The molecule has 4 rings (SSSR count). The molecule has 0 unspecified atom stereocenters. The van der Waals surface area contributed by atoms with E-state index in [0.29, 0.717) is 44.8 Å². The molecule has 0 saturated heterocycles. The summed E-state index contributed by atoms with van der Waals surface area (Å²) in [5, 5.41) is 23.1. The smallest absolute Gasteiger partial charge is 0.128 e. The number of benzene rings is 3. The minimum atomic E-state index is -0.377. The maximum atomic E-state index is 13.9. The Balaban J connectivity index is 1.94. The molecule has 170 valence electrons. The van der Waals surface area contributed by atoms with Crippen molar-refractivity contribution in [2.45, 2.75) is 20.4 Å². The number of nitrogens with zero attached hydrogens (tertiary/aromatic N) is 3. The number of rotatable bonds is 6. The van der Waals surface area contributed by atoms with Crippen LogP contribution in [0.5, 0.6) is 5.75 Å². The van der Waals surface area contributed by atoms with E-state index in [1.165, 1.54) is 18.3 Å². The second-order valence-electron chi connectivity index (χ2n) is 7.79. The predicted molar refractivity (Wildman–Crippen MR) is 129 cm³/mol. The molecule has 0 spiro atoms. The van der Waals surface area contributed by atoms with Crippen LogP contribution >= 0.6 is 11.6 Å². The molecule has 3 aromatic carbocycles. The highest BCUT2D eigenvalue weighted by Crippen LogP contribution is 2.37. The summed E-state index contributed by atoms with van der Waals surface area (Å²) in [5.74, 6) is -0.262. The fourth-order valence-electron chi connectivity index (χ4n) is 3.89. The first-order valence-corrected chi connectivity index (χ1v) is 11.2. The van der Waals surface area contributed by atoms with E-state index >= 15 is 0 Å². The number of phenols is 1. The standard InChI is InChI=1S/C26H25ClFN3O2/c1-3-30(4-2)16-18-13-21(15-23(26(18)32)17-6-5-7-20(28)12-17)29-24-10-11-31(33)25-14-19(27)8-9-22(24)25/h5-15,32-33H,3-4,16H2,1-2H3. The van der Waals surface area contributed by atoms with Crippen LogP contribution in [0, 0.1) is 5.82 Å². The molecule has 0 fully saturated rings. The van der Waals surface area contributed by atoms with Gasteiger partial charge >= 0.3 is 0 Å².